The highest BCUT2D eigenvalue weighted by molar-refractivity contribution is 9.09. The summed E-state index contributed by atoms with van der Waals surface area (Å²) in [5.74, 6) is 1.09. The minimum absolute atomic E-state index is 0.181. The van der Waals surface area contributed by atoms with E-state index in [1.165, 1.54) is 6.07 Å². The molecule has 4 heteroatoms. The van der Waals surface area contributed by atoms with Crippen molar-refractivity contribution in [1.29, 1.82) is 0 Å². The maximum absolute atomic E-state index is 13.8. The van der Waals surface area contributed by atoms with Crippen LogP contribution >= 0.6 is 15.9 Å². The molecule has 0 spiro atoms. The largest absolute Gasteiger partial charge is 0.497 e. The fourth-order valence-corrected chi connectivity index (χ4v) is 2.93. The minimum Gasteiger partial charge on any atom is -0.497 e. The summed E-state index contributed by atoms with van der Waals surface area (Å²) in [7, 11) is 1.55. The summed E-state index contributed by atoms with van der Waals surface area (Å²) in [5.41, 5.74) is 0.741. The molecule has 2 unspecified atom stereocenters. The van der Waals surface area contributed by atoms with Gasteiger partial charge in [-0.15, -0.1) is 0 Å². The number of nitrogens with zero attached hydrogens (tertiary/aromatic N) is 1. The lowest BCUT2D eigenvalue weighted by atomic mass is 9.98. The molecule has 0 radical (unpaired) electrons. The predicted molar refractivity (Wildman–Crippen MR) is 74.7 cm³/mol. The van der Waals surface area contributed by atoms with Crippen LogP contribution in [0.1, 0.15) is 18.9 Å². The van der Waals surface area contributed by atoms with Gasteiger partial charge in [-0.05, 0) is 24.9 Å². The molecule has 100 valence electrons. The number of piperidine rings is 1. The molecule has 0 aliphatic carbocycles. The van der Waals surface area contributed by atoms with Crippen molar-refractivity contribution in [3.05, 3.63) is 29.6 Å². The Morgan fingerprint density at radius 2 is 2.28 bits per heavy atom. The highest BCUT2D eigenvalue weighted by atomic mass is 79.9. The van der Waals surface area contributed by atoms with Gasteiger partial charge in [0.25, 0.3) is 0 Å². The molecule has 1 aliphatic rings. The van der Waals surface area contributed by atoms with E-state index in [4.69, 9.17) is 4.74 Å². The molecule has 2 atom stereocenters. The number of hydrogen-bond donors (Lipinski definition) is 0. The van der Waals surface area contributed by atoms with Crippen LogP contribution in [0, 0.1) is 11.7 Å². The molecule has 2 rings (SSSR count). The SMILES string of the molecule is COc1ccc(CN2CCC(C)C(Br)C2)c(F)c1. The van der Waals surface area contributed by atoms with Gasteiger partial charge in [-0.3, -0.25) is 4.90 Å². The second kappa shape index (κ2) is 6.02. The van der Waals surface area contributed by atoms with Crippen LogP contribution in [0.3, 0.4) is 0 Å². The van der Waals surface area contributed by atoms with Crippen molar-refractivity contribution in [3.8, 4) is 5.75 Å². The zero-order valence-electron chi connectivity index (χ0n) is 10.8. The molecule has 0 amide bonds. The Balaban J connectivity index is 2.01. The molecule has 0 N–H and O–H groups in total. The molecule has 0 bridgehead atoms. The van der Waals surface area contributed by atoms with E-state index in [2.05, 4.69) is 27.8 Å². The Morgan fingerprint density at radius 1 is 1.50 bits per heavy atom. The molecule has 0 aromatic heterocycles. The predicted octanol–water partition coefficient (Wildman–Crippen LogP) is 3.44. The van der Waals surface area contributed by atoms with E-state index in [9.17, 15) is 4.39 Å². The van der Waals surface area contributed by atoms with Gasteiger partial charge in [0.1, 0.15) is 11.6 Å². The normalized spacial score (nSPS) is 25.1. The Kier molecular flexibility index (Phi) is 4.62. The standard InChI is InChI=1S/C14H19BrFNO/c1-10-5-6-17(9-13(10)15)8-11-3-4-12(18-2)7-14(11)16/h3-4,7,10,13H,5-6,8-9H2,1-2H3. The quantitative estimate of drug-likeness (QED) is 0.792. The van der Waals surface area contributed by atoms with Crippen LogP contribution in [0.5, 0.6) is 5.75 Å². The summed E-state index contributed by atoms with van der Waals surface area (Å²) < 4.78 is 18.9. The van der Waals surface area contributed by atoms with Gasteiger partial charge in [0.05, 0.1) is 7.11 Å². The summed E-state index contributed by atoms with van der Waals surface area (Å²) in [4.78, 5) is 2.80. The van der Waals surface area contributed by atoms with Crippen LogP contribution < -0.4 is 4.74 Å². The first-order valence-electron chi connectivity index (χ1n) is 6.29. The number of benzene rings is 1. The van der Waals surface area contributed by atoms with Crippen molar-refractivity contribution in [2.75, 3.05) is 20.2 Å². The highest BCUT2D eigenvalue weighted by Gasteiger charge is 2.24. The average Bonchev–Trinajstić information content (AvgIpc) is 2.36. The summed E-state index contributed by atoms with van der Waals surface area (Å²) >= 11 is 3.69. The molecule has 1 saturated heterocycles. The number of rotatable bonds is 3. The maximum atomic E-state index is 13.8. The van der Waals surface area contributed by atoms with Crippen LogP contribution in [0.15, 0.2) is 18.2 Å². The van der Waals surface area contributed by atoms with Gasteiger partial charge in [0.2, 0.25) is 0 Å². The summed E-state index contributed by atoms with van der Waals surface area (Å²) in [6.07, 6.45) is 1.16. The minimum atomic E-state index is -0.181. The van der Waals surface area contributed by atoms with Crippen LogP contribution in [-0.2, 0) is 6.54 Å². The number of likely N-dealkylation sites (tertiary alicyclic amines) is 1. The zero-order chi connectivity index (χ0) is 13.1. The van der Waals surface area contributed by atoms with E-state index in [1.807, 2.05) is 12.1 Å². The van der Waals surface area contributed by atoms with Crippen LogP contribution in [0.4, 0.5) is 4.39 Å². The van der Waals surface area contributed by atoms with Crippen molar-refractivity contribution < 1.29 is 9.13 Å². The van der Waals surface area contributed by atoms with E-state index in [0.717, 1.165) is 25.1 Å². The lowest BCUT2D eigenvalue weighted by molar-refractivity contribution is 0.192. The Hall–Kier alpha value is -0.610. The molecular formula is C14H19BrFNO. The third-order valence-corrected chi connectivity index (χ3v) is 4.80. The number of alkyl halides is 1. The van der Waals surface area contributed by atoms with E-state index >= 15 is 0 Å². The van der Waals surface area contributed by atoms with Gasteiger partial charge >= 0.3 is 0 Å². The zero-order valence-corrected chi connectivity index (χ0v) is 12.4. The van der Waals surface area contributed by atoms with Crippen molar-refractivity contribution in [2.45, 2.75) is 24.7 Å². The molecule has 0 saturated carbocycles. The van der Waals surface area contributed by atoms with Crippen molar-refractivity contribution >= 4 is 15.9 Å². The van der Waals surface area contributed by atoms with E-state index < -0.39 is 0 Å². The third kappa shape index (κ3) is 3.23. The van der Waals surface area contributed by atoms with Crippen LogP contribution in [0.2, 0.25) is 0 Å². The van der Waals surface area contributed by atoms with Crippen molar-refractivity contribution in [3.63, 3.8) is 0 Å². The van der Waals surface area contributed by atoms with Gasteiger partial charge in [-0.25, -0.2) is 4.39 Å². The maximum Gasteiger partial charge on any atom is 0.131 e. The van der Waals surface area contributed by atoms with Crippen LogP contribution in [-0.4, -0.2) is 29.9 Å². The van der Waals surface area contributed by atoms with Gasteiger partial charge < -0.3 is 4.74 Å². The van der Waals surface area contributed by atoms with Gasteiger partial charge in [0.15, 0.2) is 0 Å². The monoisotopic (exact) mass is 315 g/mol. The van der Waals surface area contributed by atoms with Gasteiger partial charge in [0, 0.05) is 29.5 Å². The summed E-state index contributed by atoms with van der Waals surface area (Å²) in [6.45, 7) is 4.94. The van der Waals surface area contributed by atoms with Gasteiger partial charge in [-0.2, -0.15) is 0 Å². The molecule has 18 heavy (non-hydrogen) atoms. The van der Waals surface area contributed by atoms with Crippen LogP contribution in [0.25, 0.3) is 0 Å². The smallest absolute Gasteiger partial charge is 0.131 e. The molecular weight excluding hydrogens is 297 g/mol. The van der Waals surface area contributed by atoms with E-state index in [1.54, 1.807) is 7.11 Å². The summed E-state index contributed by atoms with van der Waals surface area (Å²) in [6, 6.07) is 5.08. The van der Waals surface area contributed by atoms with E-state index in [0.29, 0.717) is 23.0 Å². The summed E-state index contributed by atoms with van der Waals surface area (Å²) in [5, 5.41) is 0. The fourth-order valence-electron chi connectivity index (χ4n) is 2.25. The second-order valence-electron chi connectivity index (χ2n) is 4.97. The van der Waals surface area contributed by atoms with Crippen molar-refractivity contribution in [1.82, 2.24) is 4.90 Å². The van der Waals surface area contributed by atoms with Crippen molar-refractivity contribution in [2.24, 2.45) is 5.92 Å². The first kappa shape index (κ1) is 13.8. The fraction of sp³-hybridized carbons (Fsp3) is 0.571. The number of hydrogen-bond acceptors (Lipinski definition) is 2. The molecule has 2 nitrogen and oxygen atoms in total. The first-order chi connectivity index (χ1) is 8.60. The van der Waals surface area contributed by atoms with E-state index in [-0.39, 0.29) is 5.82 Å². The highest BCUT2D eigenvalue weighted by Crippen LogP contribution is 2.25. The number of ether oxygens (including phenoxy) is 1. The van der Waals surface area contributed by atoms with Gasteiger partial charge in [-0.1, -0.05) is 28.9 Å². The molecule has 1 fully saturated rings. The Morgan fingerprint density at radius 3 is 2.89 bits per heavy atom. The second-order valence-corrected chi connectivity index (χ2v) is 6.15. The molecule has 1 heterocycles. The Bertz CT molecular complexity index is 413. The number of methoxy groups -OCH3 is 1. The number of halogens is 2. The lowest BCUT2D eigenvalue weighted by Gasteiger charge is -2.34. The lowest BCUT2D eigenvalue weighted by Crippen LogP contribution is -2.39. The first-order valence-corrected chi connectivity index (χ1v) is 7.20. The molecule has 1 aromatic rings. The topological polar surface area (TPSA) is 12.5 Å². The molecule has 1 aromatic carbocycles. The average molecular weight is 316 g/mol. The molecule has 1 aliphatic heterocycles. The Labute approximate surface area is 116 Å². The third-order valence-electron chi connectivity index (χ3n) is 3.60.